The SMILES string of the molecule is CNC(C)Cc1nc(C2C3CC4CC(C3)CC2C4)no1. The first-order valence-electron chi connectivity index (χ1n) is 8.22. The summed E-state index contributed by atoms with van der Waals surface area (Å²) in [5.74, 6) is 6.07. The van der Waals surface area contributed by atoms with Gasteiger partial charge in [0.25, 0.3) is 0 Å². The van der Waals surface area contributed by atoms with Gasteiger partial charge in [0.1, 0.15) is 0 Å². The molecule has 1 heterocycles. The summed E-state index contributed by atoms with van der Waals surface area (Å²) in [6, 6.07) is 0.391. The molecule has 1 unspecified atom stereocenters. The van der Waals surface area contributed by atoms with E-state index in [4.69, 9.17) is 9.51 Å². The van der Waals surface area contributed by atoms with E-state index < -0.39 is 0 Å². The highest BCUT2D eigenvalue weighted by Gasteiger charge is 2.50. The summed E-state index contributed by atoms with van der Waals surface area (Å²) in [6.07, 6.45) is 7.97. The number of hydrogen-bond donors (Lipinski definition) is 1. The van der Waals surface area contributed by atoms with Gasteiger partial charge in [-0.05, 0) is 69.7 Å². The molecule has 1 aromatic heterocycles. The van der Waals surface area contributed by atoms with Gasteiger partial charge in [-0.1, -0.05) is 5.16 Å². The van der Waals surface area contributed by atoms with Crippen LogP contribution in [0, 0.1) is 23.7 Å². The largest absolute Gasteiger partial charge is 0.339 e. The molecule has 4 aliphatic carbocycles. The first-order chi connectivity index (χ1) is 9.72. The standard InChI is InChI=1S/C16H25N3O/c1-9(17-2)3-14-18-16(19-20-14)15-12-5-10-4-11(7-12)8-13(15)6-10/h9-13,15,17H,3-8H2,1-2H3. The second kappa shape index (κ2) is 4.83. The first-order valence-corrected chi connectivity index (χ1v) is 8.22. The van der Waals surface area contributed by atoms with Crippen LogP contribution in [0.15, 0.2) is 4.52 Å². The molecule has 4 saturated carbocycles. The molecule has 5 rings (SSSR count). The molecule has 0 aromatic carbocycles. The van der Waals surface area contributed by atoms with Crippen molar-refractivity contribution < 1.29 is 4.52 Å². The minimum atomic E-state index is 0.391. The molecule has 0 aliphatic heterocycles. The van der Waals surface area contributed by atoms with Crippen LogP contribution in [-0.2, 0) is 6.42 Å². The number of likely N-dealkylation sites (N-methyl/N-ethyl adjacent to an activating group) is 1. The van der Waals surface area contributed by atoms with Gasteiger partial charge in [-0.25, -0.2) is 0 Å². The average Bonchev–Trinajstić information content (AvgIpc) is 2.85. The van der Waals surface area contributed by atoms with E-state index in [9.17, 15) is 0 Å². The van der Waals surface area contributed by atoms with E-state index in [2.05, 4.69) is 17.4 Å². The average molecular weight is 275 g/mol. The van der Waals surface area contributed by atoms with Crippen LogP contribution in [0.2, 0.25) is 0 Å². The highest BCUT2D eigenvalue weighted by molar-refractivity contribution is 5.10. The third-order valence-electron chi connectivity index (χ3n) is 5.98. The lowest BCUT2D eigenvalue weighted by Crippen LogP contribution is -2.44. The molecule has 4 bridgehead atoms. The second-order valence-electron chi connectivity index (χ2n) is 7.40. The summed E-state index contributed by atoms with van der Waals surface area (Å²) >= 11 is 0. The first kappa shape index (κ1) is 12.8. The predicted octanol–water partition coefficient (Wildman–Crippen LogP) is 2.76. The van der Waals surface area contributed by atoms with Crippen molar-refractivity contribution in [2.45, 2.75) is 57.4 Å². The lowest BCUT2D eigenvalue weighted by Gasteiger charge is -2.53. The fourth-order valence-corrected chi connectivity index (χ4v) is 5.20. The van der Waals surface area contributed by atoms with Crippen molar-refractivity contribution in [3.8, 4) is 0 Å². The Kier molecular flexibility index (Phi) is 3.09. The Morgan fingerprint density at radius 2 is 1.80 bits per heavy atom. The van der Waals surface area contributed by atoms with Crippen molar-refractivity contribution in [3.63, 3.8) is 0 Å². The van der Waals surface area contributed by atoms with Crippen LogP contribution in [-0.4, -0.2) is 23.2 Å². The molecule has 0 spiro atoms. The van der Waals surface area contributed by atoms with E-state index in [0.29, 0.717) is 12.0 Å². The highest BCUT2D eigenvalue weighted by atomic mass is 16.5. The smallest absolute Gasteiger partial charge is 0.228 e. The van der Waals surface area contributed by atoms with Gasteiger partial charge in [0, 0.05) is 18.4 Å². The molecular formula is C16H25N3O. The molecule has 4 fully saturated rings. The Labute approximate surface area is 120 Å². The topological polar surface area (TPSA) is 51.0 Å². The number of rotatable bonds is 4. The van der Waals surface area contributed by atoms with Gasteiger partial charge >= 0.3 is 0 Å². The lowest BCUT2D eigenvalue weighted by molar-refractivity contribution is -0.00629. The zero-order chi connectivity index (χ0) is 13.7. The molecule has 4 aliphatic rings. The highest BCUT2D eigenvalue weighted by Crippen LogP contribution is 2.59. The lowest BCUT2D eigenvalue weighted by atomic mass is 9.52. The molecular weight excluding hydrogens is 250 g/mol. The molecule has 1 aromatic rings. The summed E-state index contributed by atoms with van der Waals surface area (Å²) in [5, 5.41) is 7.56. The molecule has 110 valence electrons. The van der Waals surface area contributed by atoms with Gasteiger partial charge in [-0.15, -0.1) is 0 Å². The molecule has 1 N–H and O–H groups in total. The van der Waals surface area contributed by atoms with Crippen molar-refractivity contribution in [3.05, 3.63) is 11.7 Å². The third kappa shape index (κ3) is 2.09. The van der Waals surface area contributed by atoms with Crippen LogP contribution in [0.4, 0.5) is 0 Å². The Balaban J connectivity index is 1.53. The molecule has 0 saturated heterocycles. The summed E-state index contributed by atoms with van der Waals surface area (Å²) < 4.78 is 5.49. The van der Waals surface area contributed by atoms with Crippen LogP contribution in [0.1, 0.15) is 56.7 Å². The van der Waals surface area contributed by atoms with Crippen LogP contribution in [0.5, 0.6) is 0 Å². The Morgan fingerprint density at radius 3 is 2.40 bits per heavy atom. The number of hydrogen-bond acceptors (Lipinski definition) is 4. The van der Waals surface area contributed by atoms with Crippen LogP contribution in [0.3, 0.4) is 0 Å². The molecule has 0 amide bonds. The molecule has 1 atom stereocenters. The van der Waals surface area contributed by atoms with Crippen molar-refractivity contribution >= 4 is 0 Å². The Hall–Kier alpha value is -0.900. The number of nitrogens with zero attached hydrogens (tertiary/aromatic N) is 2. The van der Waals surface area contributed by atoms with Gasteiger partial charge in [-0.2, -0.15) is 4.98 Å². The van der Waals surface area contributed by atoms with Crippen molar-refractivity contribution in [2.75, 3.05) is 7.05 Å². The molecule has 20 heavy (non-hydrogen) atoms. The van der Waals surface area contributed by atoms with Crippen molar-refractivity contribution in [1.82, 2.24) is 15.5 Å². The van der Waals surface area contributed by atoms with Gasteiger partial charge in [0.05, 0.1) is 0 Å². The molecule has 4 nitrogen and oxygen atoms in total. The maximum Gasteiger partial charge on any atom is 0.228 e. The normalized spacial score (nSPS) is 40.2. The van der Waals surface area contributed by atoms with E-state index in [0.717, 1.165) is 41.8 Å². The van der Waals surface area contributed by atoms with Gasteiger partial charge in [0.15, 0.2) is 5.82 Å². The van der Waals surface area contributed by atoms with E-state index in [1.165, 1.54) is 32.1 Å². The number of nitrogens with one attached hydrogen (secondary N) is 1. The molecule has 4 heteroatoms. The Morgan fingerprint density at radius 1 is 1.15 bits per heavy atom. The summed E-state index contributed by atoms with van der Waals surface area (Å²) in [6.45, 7) is 2.15. The second-order valence-corrected chi connectivity index (χ2v) is 7.40. The van der Waals surface area contributed by atoms with Crippen LogP contribution in [0.25, 0.3) is 0 Å². The van der Waals surface area contributed by atoms with E-state index in [1.54, 1.807) is 0 Å². The summed E-state index contributed by atoms with van der Waals surface area (Å²) in [7, 11) is 1.97. The zero-order valence-electron chi connectivity index (χ0n) is 12.5. The zero-order valence-corrected chi connectivity index (χ0v) is 12.5. The van der Waals surface area contributed by atoms with Gasteiger partial charge in [0.2, 0.25) is 5.89 Å². The predicted molar refractivity (Wildman–Crippen MR) is 76.3 cm³/mol. The van der Waals surface area contributed by atoms with E-state index in [-0.39, 0.29) is 0 Å². The fourth-order valence-electron chi connectivity index (χ4n) is 5.20. The van der Waals surface area contributed by atoms with Crippen molar-refractivity contribution in [1.29, 1.82) is 0 Å². The van der Waals surface area contributed by atoms with Crippen LogP contribution >= 0.6 is 0 Å². The van der Waals surface area contributed by atoms with Crippen LogP contribution < -0.4 is 5.32 Å². The summed E-state index contributed by atoms with van der Waals surface area (Å²) in [5.41, 5.74) is 0. The maximum absolute atomic E-state index is 5.49. The van der Waals surface area contributed by atoms with Gasteiger partial charge in [-0.3, -0.25) is 0 Å². The fraction of sp³-hybridized carbons (Fsp3) is 0.875. The van der Waals surface area contributed by atoms with E-state index in [1.807, 2.05) is 7.05 Å². The van der Waals surface area contributed by atoms with E-state index >= 15 is 0 Å². The third-order valence-corrected chi connectivity index (χ3v) is 5.98. The summed E-state index contributed by atoms with van der Waals surface area (Å²) in [4.78, 5) is 4.73. The molecule has 0 radical (unpaired) electrons. The monoisotopic (exact) mass is 275 g/mol. The Bertz CT molecular complexity index is 456. The minimum absolute atomic E-state index is 0.391. The quantitative estimate of drug-likeness (QED) is 0.918. The number of aromatic nitrogens is 2. The maximum atomic E-state index is 5.49. The minimum Gasteiger partial charge on any atom is -0.339 e. The van der Waals surface area contributed by atoms with Crippen molar-refractivity contribution in [2.24, 2.45) is 23.7 Å². The van der Waals surface area contributed by atoms with Gasteiger partial charge < -0.3 is 9.84 Å².